The van der Waals surface area contributed by atoms with E-state index in [1.807, 2.05) is 18.2 Å². The Morgan fingerprint density at radius 1 is 1.45 bits per heavy atom. The Kier molecular flexibility index (Phi) is 4.57. The summed E-state index contributed by atoms with van der Waals surface area (Å²) in [6.07, 6.45) is 0.0573. The minimum Gasteiger partial charge on any atom is -0.468 e. The first-order valence-corrected chi connectivity index (χ1v) is 6.37. The number of para-hydroxylation sites is 1. The quantitative estimate of drug-likeness (QED) is 0.664. The number of ether oxygens (including phenoxy) is 1. The average Bonchev–Trinajstić information content (AvgIpc) is 2.87. The topological polar surface area (TPSA) is 81.4 Å². The largest absolute Gasteiger partial charge is 0.468 e. The highest BCUT2D eigenvalue weighted by Crippen LogP contribution is 2.17. The van der Waals surface area contributed by atoms with Gasteiger partial charge in [-0.1, -0.05) is 17.3 Å². The third-order valence-electron chi connectivity index (χ3n) is 2.72. The van der Waals surface area contributed by atoms with E-state index in [9.17, 15) is 9.59 Å². The third-order valence-corrected chi connectivity index (χ3v) is 3.05. The molecule has 0 aliphatic rings. The lowest BCUT2D eigenvalue weighted by Gasteiger charge is -2.08. The maximum atomic E-state index is 11.8. The number of nitrogens with zero attached hydrogens (tertiary/aromatic N) is 1. The van der Waals surface area contributed by atoms with Crippen LogP contribution in [0.5, 0.6) is 0 Å². The van der Waals surface area contributed by atoms with E-state index in [-0.39, 0.29) is 18.9 Å². The van der Waals surface area contributed by atoms with Crippen molar-refractivity contribution in [3.05, 3.63) is 30.0 Å². The van der Waals surface area contributed by atoms with E-state index in [1.165, 1.54) is 7.11 Å². The van der Waals surface area contributed by atoms with Gasteiger partial charge in [0, 0.05) is 11.9 Å². The van der Waals surface area contributed by atoms with Gasteiger partial charge in [0.1, 0.15) is 11.1 Å². The molecular formula is C13H13ClN2O4. The van der Waals surface area contributed by atoms with Crippen LogP contribution >= 0.6 is 11.6 Å². The number of carbonyl (C=O) groups is 2. The van der Waals surface area contributed by atoms with Crippen LogP contribution in [0.1, 0.15) is 5.69 Å². The molecule has 0 bridgehead atoms. The predicted molar refractivity (Wildman–Crippen MR) is 72.4 cm³/mol. The van der Waals surface area contributed by atoms with Gasteiger partial charge in [-0.2, -0.15) is 0 Å². The number of methoxy groups -OCH3 is 1. The highest BCUT2D eigenvalue weighted by Gasteiger charge is 2.17. The molecular weight excluding hydrogens is 284 g/mol. The van der Waals surface area contributed by atoms with Crippen LogP contribution in [-0.2, 0) is 20.7 Å². The van der Waals surface area contributed by atoms with Crippen molar-refractivity contribution in [2.45, 2.75) is 11.8 Å². The number of nitrogens with one attached hydrogen (secondary N) is 1. The normalized spacial score (nSPS) is 12.1. The van der Waals surface area contributed by atoms with E-state index in [0.29, 0.717) is 11.3 Å². The Morgan fingerprint density at radius 3 is 2.95 bits per heavy atom. The molecule has 0 radical (unpaired) electrons. The number of aromatic nitrogens is 1. The summed E-state index contributed by atoms with van der Waals surface area (Å²) in [7, 11) is 1.24. The van der Waals surface area contributed by atoms with Crippen molar-refractivity contribution in [1.29, 1.82) is 0 Å². The monoisotopic (exact) mass is 296 g/mol. The number of amides is 1. The second-order valence-electron chi connectivity index (χ2n) is 4.10. The molecule has 0 saturated heterocycles. The maximum absolute atomic E-state index is 11.8. The first-order chi connectivity index (χ1) is 9.61. The Hall–Kier alpha value is -2.08. The van der Waals surface area contributed by atoms with E-state index in [2.05, 4.69) is 15.2 Å². The summed E-state index contributed by atoms with van der Waals surface area (Å²) in [4.78, 5) is 22.8. The molecule has 1 atom stereocenters. The fraction of sp³-hybridized carbons (Fsp3) is 0.308. The van der Waals surface area contributed by atoms with E-state index >= 15 is 0 Å². The molecule has 0 saturated carbocycles. The molecule has 0 fully saturated rings. The number of hydrogen-bond acceptors (Lipinski definition) is 5. The van der Waals surface area contributed by atoms with Crippen molar-refractivity contribution in [3.8, 4) is 0 Å². The molecule has 1 unspecified atom stereocenters. The molecule has 106 valence electrons. The Morgan fingerprint density at radius 2 is 2.20 bits per heavy atom. The molecule has 1 N–H and O–H groups in total. The van der Waals surface area contributed by atoms with Gasteiger partial charge in [-0.15, -0.1) is 11.6 Å². The van der Waals surface area contributed by atoms with Gasteiger partial charge in [0.15, 0.2) is 5.58 Å². The van der Waals surface area contributed by atoms with Gasteiger partial charge in [-0.3, -0.25) is 9.59 Å². The predicted octanol–water partition coefficient (Wildman–Crippen LogP) is 1.27. The van der Waals surface area contributed by atoms with Crippen LogP contribution in [0.2, 0.25) is 0 Å². The highest BCUT2D eigenvalue weighted by molar-refractivity contribution is 6.30. The standard InChI is InChI=1S/C13H13ClN2O4/c1-19-13(18)9(14)7-15-12(17)6-10-8-4-2-3-5-11(8)20-16-10/h2-5,9H,6-7H2,1H3,(H,15,17). The van der Waals surface area contributed by atoms with E-state index in [1.54, 1.807) is 6.07 Å². The number of benzene rings is 1. The van der Waals surface area contributed by atoms with Crippen molar-refractivity contribution in [2.75, 3.05) is 13.7 Å². The Labute approximate surface area is 120 Å². The van der Waals surface area contributed by atoms with Gasteiger partial charge >= 0.3 is 5.97 Å². The molecule has 7 heteroatoms. The summed E-state index contributed by atoms with van der Waals surface area (Å²) in [5.74, 6) is -0.877. The molecule has 1 amide bonds. The molecule has 2 rings (SSSR count). The van der Waals surface area contributed by atoms with Crippen LogP contribution in [0.15, 0.2) is 28.8 Å². The molecule has 6 nitrogen and oxygen atoms in total. The SMILES string of the molecule is COC(=O)C(Cl)CNC(=O)Cc1noc2ccccc12. The zero-order valence-corrected chi connectivity index (χ0v) is 11.5. The summed E-state index contributed by atoms with van der Waals surface area (Å²) in [6, 6.07) is 7.27. The lowest BCUT2D eigenvalue weighted by Crippen LogP contribution is -2.35. The summed E-state index contributed by atoms with van der Waals surface area (Å²) < 4.78 is 9.56. The molecule has 1 heterocycles. The van der Waals surface area contributed by atoms with Crippen molar-refractivity contribution < 1.29 is 18.8 Å². The third kappa shape index (κ3) is 3.27. The number of carbonyl (C=O) groups excluding carboxylic acids is 2. The molecule has 20 heavy (non-hydrogen) atoms. The van der Waals surface area contributed by atoms with Crippen LogP contribution in [0, 0.1) is 0 Å². The van der Waals surface area contributed by atoms with Crippen molar-refractivity contribution >= 4 is 34.4 Å². The van der Waals surface area contributed by atoms with Gasteiger partial charge in [0.2, 0.25) is 5.91 Å². The summed E-state index contributed by atoms with van der Waals surface area (Å²) in [5, 5.41) is 6.29. The molecule has 1 aromatic carbocycles. The lowest BCUT2D eigenvalue weighted by molar-refractivity contribution is -0.140. The molecule has 2 aromatic rings. The Bertz CT molecular complexity index is 626. The molecule has 0 aliphatic carbocycles. The van der Waals surface area contributed by atoms with Gasteiger partial charge < -0.3 is 14.6 Å². The van der Waals surface area contributed by atoms with Crippen LogP contribution in [0.4, 0.5) is 0 Å². The minimum atomic E-state index is -0.905. The summed E-state index contributed by atoms with van der Waals surface area (Å²) in [5.41, 5.74) is 1.17. The second-order valence-corrected chi connectivity index (χ2v) is 4.62. The molecule has 0 spiro atoms. The minimum absolute atomic E-state index is 0.00282. The van der Waals surface area contributed by atoms with Crippen LogP contribution < -0.4 is 5.32 Å². The van der Waals surface area contributed by atoms with Gasteiger partial charge in [-0.25, -0.2) is 0 Å². The zero-order chi connectivity index (χ0) is 14.5. The second kappa shape index (κ2) is 6.38. The van der Waals surface area contributed by atoms with Crippen LogP contribution in [-0.4, -0.2) is 36.1 Å². The average molecular weight is 297 g/mol. The van der Waals surface area contributed by atoms with Crippen molar-refractivity contribution in [1.82, 2.24) is 10.5 Å². The highest BCUT2D eigenvalue weighted by atomic mass is 35.5. The summed E-state index contributed by atoms with van der Waals surface area (Å²) >= 11 is 5.73. The van der Waals surface area contributed by atoms with Gasteiger partial charge in [-0.05, 0) is 12.1 Å². The lowest BCUT2D eigenvalue weighted by atomic mass is 10.1. The summed E-state index contributed by atoms with van der Waals surface area (Å²) in [6.45, 7) is 0.00282. The fourth-order valence-corrected chi connectivity index (χ4v) is 1.86. The number of esters is 1. The number of alkyl halides is 1. The van der Waals surface area contributed by atoms with Crippen molar-refractivity contribution in [3.63, 3.8) is 0 Å². The van der Waals surface area contributed by atoms with Crippen LogP contribution in [0.25, 0.3) is 11.0 Å². The molecule has 0 aliphatic heterocycles. The smallest absolute Gasteiger partial charge is 0.325 e. The van der Waals surface area contributed by atoms with Gasteiger partial charge in [0.05, 0.1) is 13.5 Å². The number of hydrogen-bond donors (Lipinski definition) is 1. The first kappa shape index (κ1) is 14.3. The first-order valence-electron chi connectivity index (χ1n) is 5.93. The Balaban J connectivity index is 1.93. The fourth-order valence-electron chi connectivity index (χ4n) is 1.69. The molecule has 1 aromatic heterocycles. The van der Waals surface area contributed by atoms with Gasteiger partial charge in [0.25, 0.3) is 0 Å². The van der Waals surface area contributed by atoms with E-state index in [4.69, 9.17) is 16.1 Å². The van der Waals surface area contributed by atoms with E-state index < -0.39 is 11.3 Å². The maximum Gasteiger partial charge on any atom is 0.325 e. The number of rotatable bonds is 5. The van der Waals surface area contributed by atoms with Crippen LogP contribution in [0.3, 0.4) is 0 Å². The number of fused-ring (bicyclic) bond motifs is 1. The van der Waals surface area contributed by atoms with Crippen molar-refractivity contribution in [2.24, 2.45) is 0 Å². The number of halogens is 1. The van der Waals surface area contributed by atoms with E-state index in [0.717, 1.165) is 5.39 Å². The zero-order valence-electron chi connectivity index (χ0n) is 10.8.